The van der Waals surface area contributed by atoms with E-state index in [1.54, 1.807) is 0 Å². The lowest BCUT2D eigenvalue weighted by molar-refractivity contribution is 0.482. The molecule has 5 heteroatoms. The van der Waals surface area contributed by atoms with Gasteiger partial charge in [0.2, 0.25) is 0 Å². The number of fused-ring (bicyclic) bond motifs is 1. The van der Waals surface area contributed by atoms with Crippen molar-refractivity contribution in [3.8, 4) is 0 Å². The molecule has 1 aromatic carbocycles. The van der Waals surface area contributed by atoms with Gasteiger partial charge in [-0.15, -0.1) is 0 Å². The highest BCUT2D eigenvalue weighted by molar-refractivity contribution is 5.78. The van der Waals surface area contributed by atoms with Crippen LogP contribution in [-0.2, 0) is 6.42 Å². The molecule has 3 aromatic rings. The van der Waals surface area contributed by atoms with E-state index < -0.39 is 0 Å². The normalized spacial score (nSPS) is 21.3. The van der Waals surface area contributed by atoms with Crippen LogP contribution in [0.15, 0.2) is 54.7 Å². The molecule has 0 bridgehead atoms. The van der Waals surface area contributed by atoms with Gasteiger partial charge in [-0.05, 0) is 74.8 Å². The predicted molar refractivity (Wildman–Crippen MR) is 113 cm³/mol. The van der Waals surface area contributed by atoms with Crippen LogP contribution in [-0.4, -0.2) is 28.4 Å². The van der Waals surface area contributed by atoms with Gasteiger partial charge in [-0.2, -0.15) is 5.10 Å². The van der Waals surface area contributed by atoms with Gasteiger partial charge in [0, 0.05) is 24.1 Å². The van der Waals surface area contributed by atoms with Gasteiger partial charge in [-0.25, -0.2) is 4.98 Å². The molecular formula is C23H27N5. The molecule has 1 aliphatic heterocycles. The van der Waals surface area contributed by atoms with Gasteiger partial charge in [-0.1, -0.05) is 18.2 Å². The Morgan fingerprint density at radius 3 is 2.75 bits per heavy atom. The Bertz CT molecular complexity index is 935. The van der Waals surface area contributed by atoms with E-state index in [-0.39, 0.29) is 0 Å². The zero-order chi connectivity index (χ0) is 18.9. The second kappa shape index (κ2) is 7.30. The fraction of sp³-hybridized carbons (Fsp3) is 0.391. The van der Waals surface area contributed by atoms with Crippen LogP contribution in [0.25, 0.3) is 0 Å². The van der Waals surface area contributed by atoms with E-state index in [0.29, 0.717) is 0 Å². The summed E-state index contributed by atoms with van der Waals surface area (Å²) in [7, 11) is 0. The lowest BCUT2D eigenvalue weighted by Gasteiger charge is -2.24. The van der Waals surface area contributed by atoms with Gasteiger partial charge >= 0.3 is 0 Å². The van der Waals surface area contributed by atoms with E-state index in [1.807, 2.05) is 6.20 Å². The van der Waals surface area contributed by atoms with Gasteiger partial charge in [0.15, 0.2) is 5.82 Å². The maximum Gasteiger partial charge on any atom is 0.158 e. The molecule has 144 valence electrons. The summed E-state index contributed by atoms with van der Waals surface area (Å²) in [4.78, 5) is 9.53. The summed E-state index contributed by atoms with van der Waals surface area (Å²) in [6.07, 6.45) is 6.92. The molecule has 5 rings (SSSR count). The second-order valence-electron chi connectivity index (χ2n) is 8.27. The number of aromatic nitrogens is 3. The molecule has 2 aliphatic rings. The SMILES string of the molecule is Cc1cc(CC2CCC(CN3CN(c4ccccc4)c4ncccc43)C2)n[nH]1. The lowest BCUT2D eigenvalue weighted by atomic mass is 9.99. The van der Waals surface area contributed by atoms with E-state index in [9.17, 15) is 0 Å². The van der Waals surface area contributed by atoms with Crippen LogP contribution in [0.1, 0.15) is 30.7 Å². The standard InChI is InChI=1S/C23H27N5/c1-17-12-20(26-25-17)14-18-9-10-19(13-18)15-27-16-28(21-6-3-2-4-7-21)23-22(27)8-5-11-24-23/h2-8,11-12,18-19H,9-10,13-16H2,1H3,(H,25,26). The quantitative estimate of drug-likeness (QED) is 0.705. The van der Waals surface area contributed by atoms with Crippen molar-refractivity contribution in [3.63, 3.8) is 0 Å². The van der Waals surface area contributed by atoms with E-state index >= 15 is 0 Å². The fourth-order valence-electron chi connectivity index (χ4n) is 4.84. The number of nitrogens with zero attached hydrogens (tertiary/aromatic N) is 4. The molecule has 1 saturated carbocycles. The minimum absolute atomic E-state index is 0.744. The van der Waals surface area contributed by atoms with Gasteiger partial charge in [0.1, 0.15) is 0 Å². The largest absolute Gasteiger partial charge is 0.350 e. The van der Waals surface area contributed by atoms with Crippen molar-refractivity contribution in [2.24, 2.45) is 11.8 Å². The molecule has 2 unspecified atom stereocenters. The number of aromatic amines is 1. The zero-order valence-corrected chi connectivity index (χ0v) is 16.4. The third kappa shape index (κ3) is 3.37. The summed E-state index contributed by atoms with van der Waals surface area (Å²) in [5.74, 6) is 2.58. The molecule has 28 heavy (non-hydrogen) atoms. The number of aryl methyl sites for hydroxylation is 1. The topological polar surface area (TPSA) is 48.1 Å². The highest BCUT2D eigenvalue weighted by Crippen LogP contribution is 2.41. The molecule has 2 aromatic heterocycles. The minimum Gasteiger partial charge on any atom is -0.350 e. The third-order valence-electron chi connectivity index (χ3n) is 6.13. The molecule has 0 spiro atoms. The van der Waals surface area contributed by atoms with E-state index in [2.05, 4.69) is 80.4 Å². The van der Waals surface area contributed by atoms with Crippen LogP contribution >= 0.6 is 0 Å². The smallest absolute Gasteiger partial charge is 0.158 e. The fourth-order valence-corrected chi connectivity index (χ4v) is 4.84. The summed E-state index contributed by atoms with van der Waals surface area (Å²) in [6, 6.07) is 17.0. The third-order valence-corrected chi connectivity index (χ3v) is 6.13. The van der Waals surface area contributed by atoms with E-state index in [0.717, 1.165) is 43.0 Å². The van der Waals surface area contributed by atoms with Crippen LogP contribution in [0.3, 0.4) is 0 Å². The van der Waals surface area contributed by atoms with Gasteiger partial charge in [0.05, 0.1) is 18.1 Å². The Morgan fingerprint density at radius 2 is 1.93 bits per heavy atom. The molecule has 1 aliphatic carbocycles. The highest BCUT2D eigenvalue weighted by atomic mass is 15.4. The molecule has 3 heterocycles. The molecule has 0 amide bonds. The summed E-state index contributed by atoms with van der Waals surface area (Å²) in [5.41, 5.74) is 4.85. The van der Waals surface area contributed by atoms with Crippen LogP contribution in [0.5, 0.6) is 0 Å². The number of pyridine rings is 1. The van der Waals surface area contributed by atoms with Crippen molar-refractivity contribution in [2.45, 2.75) is 32.6 Å². The van der Waals surface area contributed by atoms with Crippen molar-refractivity contribution in [2.75, 3.05) is 23.0 Å². The average molecular weight is 374 g/mol. The molecule has 1 N–H and O–H groups in total. The van der Waals surface area contributed by atoms with Crippen molar-refractivity contribution in [1.29, 1.82) is 0 Å². The van der Waals surface area contributed by atoms with E-state index in [4.69, 9.17) is 0 Å². The second-order valence-corrected chi connectivity index (χ2v) is 8.27. The van der Waals surface area contributed by atoms with Crippen molar-refractivity contribution < 1.29 is 0 Å². The molecular weight excluding hydrogens is 346 g/mol. The first kappa shape index (κ1) is 17.3. The van der Waals surface area contributed by atoms with Crippen molar-refractivity contribution >= 4 is 17.2 Å². The number of rotatable bonds is 5. The first-order valence-corrected chi connectivity index (χ1v) is 10.3. The monoisotopic (exact) mass is 373 g/mol. The average Bonchev–Trinajstić information content (AvgIpc) is 3.43. The molecule has 0 saturated heterocycles. The first-order chi connectivity index (χ1) is 13.8. The molecule has 5 nitrogen and oxygen atoms in total. The number of para-hydroxylation sites is 1. The lowest BCUT2D eigenvalue weighted by Crippen LogP contribution is -2.31. The zero-order valence-electron chi connectivity index (χ0n) is 16.4. The number of benzene rings is 1. The predicted octanol–water partition coefficient (Wildman–Crippen LogP) is 4.69. The molecule has 2 atom stereocenters. The van der Waals surface area contributed by atoms with Crippen molar-refractivity contribution in [1.82, 2.24) is 15.2 Å². The Labute approximate surface area is 166 Å². The number of anilines is 3. The Balaban J connectivity index is 1.27. The van der Waals surface area contributed by atoms with Gasteiger partial charge < -0.3 is 9.80 Å². The summed E-state index contributed by atoms with van der Waals surface area (Å²) in [5, 5.41) is 7.50. The van der Waals surface area contributed by atoms with Crippen molar-refractivity contribution in [3.05, 3.63) is 66.1 Å². The van der Waals surface area contributed by atoms with Gasteiger partial charge in [0.25, 0.3) is 0 Å². The Hall–Kier alpha value is -2.82. The number of nitrogens with one attached hydrogen (secondary N) is 1. The van der Waals surface area contributed by atoms with Crippen LogP contribution in [0, 0.1) is 18.8 Å². The minimum atomic E-state index is 0.744. The van der Waals surface area contributed by atoms with Crippen LogP contribution in [0.2, 0.25) is 0 Å². The Morgan fingerprint density at radius 1 is 1.07 bits per heavy atom. The molecule has 0 radical (unpaired) electrons. The number of H-pyrrole nitrogens is 1. The van der Waals surface area contributed by atoms with Crippen LogP contribution < -0.4 is 9.80 Å². The maximum atomic E-state index is 4.69. The van der Waals surface area contributed by atoms with Gasteiger partial charge in [-0.3, -0.25) is 5.10 Å². The van der Waals surface area contributed by atoms with Crippen LogP contribution in [0.4, 0.5) is 17.2 Å². The molecule has 1 fully saturated rings. The van der Waals surface area contributed by atoms with E-state index in [1.165, 1.54) is 36.3 Å². The highest BCUT2D eigenvalue weighted by Gasteiger charge is 2.32. The maximum absolute atomic E-state index is 4.69. The number of hydrogen-bond donors (Lipinski definition) is 1. The summed E-state index contributed by atoms with van der Waals surface area (Å²) in [6.45, 7) is 4.07. The number of hydrogen-bond acceptors (Lipinski definition) is 4. The summed E-state index contributed by atoms with van der Waals surface area (Å²) >= 11 is 0. The summed E-state index contributed by atoms with van der Waals surface area (Å²) < 4.78 is 0. The Kier molecular flexibility index (Phi) is 4.51. The first-order valence-electron chi connectivity index (χ1n) is 10.3.